The number of rotatable bonds is 4. The first-order valence-corrected chi connectivity index (χ1v) is 8.00. The smallest absolute Gasteiger partial charge is 0.219 e. The molecule has 0 aliphatic heterocycles. The van der Waals surface area contributed by atoms with E-state index in [0.29, 0.717) is 5.88 Å². The fraction of sp³-hybridized carbons (Fsp3) is 0.190. The molecule has 3 nitrogen and oxygen atoms in total. The van der Waals surface area contributed by atoms with Crippen molar-refractivity contribution in [2.75, 3.05) is 0 Å². The summed E-state index contributed by atoms with van der Waals surface area (Å²) in [5, 5.41) is 9.35. The molecule has 1 heterocycles. The van der Waals surface area contributed by atoms with E-state index in [1.807, 2.05) is 55.5 Å². The van der Waals surface area contributed by atoms with Crippen molar-refractivity contribution in [2.24, 2.45) is 0 Å². The summed E-state index contributed by atoms with van der Waals surface area (Å²) in [7, 11) is 0. The second-order valence-electron chi connectivity index (χ2n) is 6.01. The number of hydrogen-bond acceptors (Lipinski definition) is 3. The lowest BCUT2D eigenvalue weighted by Gasteiger charge is -2.14. The molecule has 0 unspecified atom stereocenters. The number of aromatic nitrogens is 1. The summed E-state index contributed by atoms with van der Waals surface area (Å²) >= 11 is 0. The highest BCUT2D eigenvalue weighted by Gasteiger charge is 2.10. The summed E-state index contributed by atoms with van der Waals surface area (Å²) in [6.45, 7) is 6.14. The van der Waals surface area contributed by atoms with Crippen molar-refractivity contribution in [2.45, 2.75) is 27.4 Å². The van der Waals surface area contributed by atoms with Gasteiger partial charge in [-0.1, -0.05) is 24.3 Å². The van der Waals surface area contributed by atoms with E-state index in [0.717, 1.165) is 33.7 Å². The van der Waals surface area contributed by atoms with Crippen LogP contribution in [-0.2, 0) is 6.61 Å². The van der Waals surface area contributed by atoms with Gasteiger partial charge in [0, 0.05) is 11.8 Å². The van der Waals surface area contributed by atoms with Crippen LogP contribution in [0.3, 0.4) is 0 Å². The Balaban J connectivity index is 1.96. The summed E-state index contributed by atoms with van der Waals surface area (Å²) < 4.78 is 5.91. The Morgan fingerprint density at radius 1 is 0.917 bits per heavy atom. The maximum absolute atomic E-state index is 9.35. The van der Waals surface area contributed by atoms with Crippen LogP contribution < -0.4 is 4.74 Å². The van der Waals surface area contributed by atoms with Crippen molar-refractivity contribution in [3.63, 3.8) is 0 Å². The number of benzene rings is 2. The molecule has 0 aliphatic rings. The minimum Gasteiger partial charge on any atom is -0.439 e. The molecule has 0 bridgehead atoms. The number of hydrogen-bond donors (Lipinski definition) is 1. The lowest BCUT2D eigenvalue weighted by Crippen LogP contribution is -1.94. The number of ether oxygens (including phenoxy) is 1. The Hall–Kier alpha value is -2.65. The third-order valence-corrected chi connectivity index (χ3v) is 3.99. The van der Waals surface area contributed by atoms with E-state index < -0.39 is 0 Å². The number of aliphatic hydroxyl groups is 1. The summed E-state index contributed by atoms with van der Waals surface area (Å²) in [6.07, 6.45) is 0. The maximum atomic E-state index is 9.35. The van der Waals surface area contributed by atoms with E-state index >= 15 is 0 Å². The average molecular weight is 319 g/mol. The van der Waals surface area contributed by atoms with Crippen molar-refractivity contribution in [1.82, 2.24) is 4.98 Å². The predicted molar refractivity (Wildman–Crippen MR) is 96.3 cm³/mol. The minimum absolute atomic E-state index is 0.0478. The van der Waals surface area contributed by atoms with Crippen LogP contribution in [-0.4, -0.2) is 10.1 Å². The maximum Gasteiger partial charge on any atom is 0.219 e. The lowest BCUT2D eigenvalue weighted by molar-refractivity contribution is 0.282. The van der Waals surface area contributed by atoms with Crippen LogP contribution in [0.2, 0.25) is 0 Å². The summed E-state index contributed by atoms with van der Waals surface area (Å²) in [5.74, 6) is 1.38. The van der Waals surface area contributed by atoms with Gasteiger partial charge in [0.15, 0.2) is 0 Å². The van der Waals surface area contributed by atoms with Crippen LogP contribution in [0.1, 0.15) is 22.4 Å². The molecule has 0 radical (unpaired) electrons. The normalized spacial score (nSPS) is 10.7. The van der Waals surface area contributed by atoms with Crippen LogP contribution in [0, 0.1) is 20.8 Å². The molecule has 0 saturated carbocycles. The van der Waals surface area contributed by atoms with Crippen molar-refractivity contribution in [3.05, 3.63) is 77.0 Å². The molecule has 0 amide bonds. The number of aliphatic hydroxyl groups excluding tert-OH is 1. The van der Waals surface area contributed by atoms with Gasteiger partial charge < -0.3 is 9.84 Å². The van der Waals surface area contributed by atoms with Crippen LogP contribution in [0.4, 0.5) is 0 Å². The van der Waals surface area contributed by atoms with E-state index in [4.69, 9.17) is 4.74 Å². The summed E-state index contributed by atoms with van der Waals surface area (Å²) in [4.78, 5) is 4.38. The first-order chi connectivity index (χ1) is 11.6. The molecular weight excluding hydrogens is 298 g/mol. The SMILES string of the molecule is Cc1cccc(Oc2cc(C)c(-c3cccc(CO)c3)c(C)c2)n1. The Labute approximate surface area is 142 Å². The largest absolute Gasteiger partial charge is 0.439 e. The Kier molecular flexibility index (Phi) is 4.63. The molecule has 3 aromatic rings. The fourth-order valence-corrected chi connectivity index (χ4v) is 2.96. The zero-order valence-corrected chi connectivity index (χ0v) is 14.2. The molecule has 0 aliphatic carbocycles. The average Bonchev–Trinajstić information content (AvgIpc) is 2.54. The van der Waals surface area contributed by atoms with Crippen molar-refractivity contribution < 1.29 is 9.84 Å². The van der Waals surface area contributed by atoms with Gasteiger partial charge in [0.2, 0.25) is 5.88 Å². The first kappa shape index (κ1) is 16.2. The molecule has 122 valence electrons. The molecule has 3 rings (SSSR count). The standard InChI is InChI=1S/C21H21NO2/c1-14-10-19(24-20-9-4-6-16(3)22-20)11-15(2)21(14)18-8-5-7-17(12-18)13-23/h4-12,23H,13H2,1-3H3. The van der Waals surface area contributed by atoms with E-state index in [9.17, 15) is 5.11 Å². The van der Waals surface area contributed by atoms with Gasteiger partial charge in [-0.3, -0.25) is 0 Å². The van der Waals surface area contributed by atoms with E-state index in [1.165, 1.54) is 5.56 Å². The quantitative estimate of drug-likeness (QED) is 0.739. The predicted octanol–water partition coefficient (Wildman–Crippen LogP) is 4.96. The number of pyridine rings is 1. The molecule has 2 aromatic carbocycles. The van der Waals surface area contributed by atoms with Crippen molar-refractivity contribution in [3.8, 4) is 22.8 Å². The summed E-state index contributed by atoms with van der Waals surface area (Å²) in [6, 6.07) is 17.8. The Morgan fingerprint density at radius 2 is 1.62 bits per heavy atom. The Morgan fingerprint density at radius 3 is 2.29 bits per heavy atom. The topological polar surface area (TPSA) is 42.4 Å². The number of aryl methyl sites for hydroxylation is 3. The van der Waals surface area contributed by atoms with Crippen molar-refractivity contribution >= 4 is 0 Å². The fourth-order valence-electron chi connectivity index (χ4n) is 2.96. The van der Waals surface area contributed by atoms with Gasteiger partial charge in [-0.25, -0.2) is 4.98 Å². The third-order valence-electron chi connectivity index (χ3n) is 3.99. The van der Waals surface area contributed by atoms with E-state index in [2.05, 4.69) is 24.9 Å². The molecule has 24 heavy (non-hydrogen) atoms. The van der Waals surface area contributed by atoms with Crippen molar-refractivity contribution in [1.29, 1.82) is 0 Å². The van der Waals surface area contributed by atoms with Crippen LogP contribution in [0.15, 0.2) is 54.6 Å². The molecule has 1 aromatic heterocycles. The molecule has 0 saturated heterocycles. The monoisotopic (exact) mass is 319 g/mol. The second-order valence-corrected chi connectivity index (χ2v) is 6.01. The number of nitrogens with zero attached hydrogens (tertiary/aromatic N) is 1. The molecular formula is C21H21NO2. The first-order valence-electron chi connectivity index (χ1n) is 8.00. The third kappa shape index (κ3) is 3.47. The highest BCUT2D eigenvalue weighted by Crippen LogP contribution is 2.33. The van der Waals surface area contributed by atoms with Gasteiger partial charge in [0.25, 0.3) is 0 Å². The van der Waals surface area contributed by atoms with Crippen LogP contribution in [0.5, 0.6) is 11.6 Å². The summed E-state index contributed by atoms with van der Waals surface area (Å²) in [5.41, 5.74) is 6.39. The van der Waals surface area contributed by atoms with Crippen LogP contribution >= 0.6 is 0 Å². The zero-order valence-electron chi connectivity index (χ0n) is 14.2. The molecule has 1 N–H and O–H groups in total. The van der Waals surface area contributed by atoms with Gasteiger partial charge in [-0.15, -0.1) is 0 Å². The van der Waals surface area contributed by atoms with E-state index in [1.54, 1.807) is 0 Å². The lowest BCUT2D eigenvalue weighted by atomic mass is 9.94. The molecule has 0 fully saturated rings. The van der Waals surface area contributed by atoms with E-state index in [-0.39, 0.29) is 6.61 Å². The van der Waals surface area contributed by atoms with Gasteiger partial charge in [-0.05, 0) is 72.9 Å². The second kappa shape index (κ2) is 6.85. The Bertz CT molecular complexity index is 848. The van der Waals surface area contributed by atoms with Gasteiger partial charge in [0.05, 0.1) is 6.61 Å². The van der Waals surface area contributed by atoms with Gasteiger partial charge in [-0.2, -0.15) is 0 Å². The molecule has 0 spiro atoms. The minimum atomic E-state index is 0.0478. The highest BCUT2D eigenvalue weighted by atomic mass is 16.5. The van der Waals surface area contributed by atoms with Gasteiger partial charge in [0.1, 0.15) is 5.75 Å². The molecule has 0 atom stereocenters. The highest BCUT2D eigenvalue weighted by molar-refractivity contribution is 5.72. The van der Waals surface area contributed by atoms with Gasteiger partial charge >= 0.3 is 0 Å². The molecule has 3 heteroatoms. The zero-order chi connectivity index (χ0) is 17.1. The van der Waals surface area contributed by atoms with Crippen LogP contribution in [0.25, 0.3) is 11.1 Å².